The maximum absolute atomic E-state index is 14.1. The summed E-state index contributed by atoms with van der Waals surface area (Å²) in [6.45, 7) is 2.52. The second-order valence-corrected chi connectivity index (χ2v) is 5.27. The van der Waals surface area contributed by atoms with Crippen molar-refractivity contribution in [2.45, 2.75) is 13.3 Å². The first-order valence-corrected chi connectivity index (χ1v) is 7.22. The van der Waals surface area contributed by atoms with Gasteiger partial charge in [0, 0.05) is 21.9 Å². The largest absolute Gasteiger partial charge is 0.278 e. The number of hydrogen-bond donors (Lipinski definition) is 0. The number of hydrogen-bond acceptors (Lipinski definition) is 2. The van der Waals surface area contributed by atoms with Crippen molar-refractivity contribution in [3.05, 3.63) is 64.4 Å². The zero-order chi connectivity index (χ0) is 14.8. The second kappa shape index (κ2) is 5.78. The number of rotatable bonds is 2. The molecule has 0 unspecified atom stereocenters. The van der Waals surface area contributed by atoms with E-state index < -0.39 is 0 Å². The van der Waals surface area contributed by atoms with Crippen LogP contribution in [-0.4, -0.2) is 18.0 Å². The van der Waals surface area contributed by atoms with Gasteiger partial charge in [0.15, 0.2) is 0 Å². The molecule has 21 heavy (non-hydrogen) atoms. The Hall–Kier alpha value is -2.00. The average molecular weight is 301 g/mol. The van der Waals surface area contributed by atoms with Crippen LogP contribution in [0.4, 0.5) is 10.1 Å². The zero-order valence-corrected chi connectivity index (χ0v) is 12.4. The highest BCUT2D eigenvalue weighted by Gasteiger charge is 2.18. The van der Waals surface area contributed by atoms with Gasteiger partial charge in [0.05, 0.1) is 17.9 Å². The summed E-state index contributed by atoms with van der Waals surface area (Å²) in [5, 5.41) is 0.591. The van der Waals surface area contributed by atoms with Crippen LogP contribution in [-0.2, 0) is 0 Å². The van der Waals surface area contributed by atoms with Crippen molar-refractivity contribution < 1.29 is 4.39 Å². The van der Waals surface area contributed by atoms with Crippen LogP contribution in [0.15, 0.2) is 52.4 Å². The third kappa shape index (κ3) is 2.74. The van der Waals surface area contributed by atoms with Crippen LogP contribution in [0.3, 0.4) is 0 Å². The van der Waals surface area contributed by atoms with Crippen LogP contribution in [0.1, 0.15) is 24.5 Å². The third-order valence-electron chi connectivity index (χ3n) is 3.45. The van der Waals surface area contributed by atoms with Crippen molar-refractivity contribution in [2.24, 2.45) is 9.98 Å². The van der Waals surface area contributed by atoms with Crippen molar-refractivity contribution in [2.75, 3.05) is 6.54 Å². The fourth-order valence-corrected chi connectivity index (χ4v) is 2.50. The first-order chi connectivity index (χ1) is 10.2. The molecular weight excluding hydrogens is 287 g/mol. The van der Waals surface area contributed by atoms with Gasteiger partial charge in [-0.3, -0.25) is 9.98 Å². The van der Waals surface area contributed by atoms with Gasteiger partial charge in [-0.2, -0.15) is 0 Å². The molecule has 106 valence electrons. The van der Waals surface area contributed by atoms with Gasteiger partial charge in [-0.1, -0.05) is 30.7 Å². The second-order valence-electron chi connectivity index (χ2n) is 4.84. The predicted octanol–water partition coefficient (Wildman–Crippen LogP) is 4.81. The summed E-state index contributed by atoms with van der Waals surface area (Å²) in [6, 6.07) is 12.1. The molecule has 0 saturated carbocycles. The minimum absolute atomic E-state index is 0.290. The fraction of sp³-hybridized carbons (Fsp3) is 0.176. The van der Waals surface area contributed by atoms with Gasteiger partial charge in [-0.15, -0.1) is 0 Å². The molecule has 0 aliphatic carbocycles. The highest BCUT2D eigenvalue weighted by molar-refractivity contribution is 6.31. The smallest absolute Gasteiger partial charge is 0.132 e. The Morgan fingerprint density at radius 2 is 1.95 bits per heavy atom. The normalized spacial score (nSPS) is 14.0. The van der Waals surface area contributed by atoms with Gasteiger partial charge in [-0.25, -0.2) is 4.39 Å². The maximum Gasteiger partial charge on any atom is 0.132 e. The first-order valence-electron chi connectivity index (χ1n) is 6.84. The first kappa shape index (κ1) is 14.0. The predicted molar refractivity (Wildman–Crippen MR) is 85.7 cm³/mol. The van der Waals surface area contributed by atoms with Crippen molar-refractivity contribution in [1.29, 1.82) is 0 Å². The molecule has 1 aliphatic rings. The molecule has 1 heterocycles. The molecular formula is C17H14ClFN2. The Bertz CT molecular complexity index is 750. The van der Waals surface area contributed by atoms with E-state index in [0.29, 0.717) is 22.8 Å². The van der Waals surface area contributed by atoms with Gasteiger partial charge < -0.3 is 0 Å². The van der Waals surface area contributed by atoms with Crippen LogP contribution in [0.5, 0.6) is 0 Å². The molecule has 0 N–H and O–H groups in total. The van der Waals surface area contributed by atoms with Crippen LogP contribution >= 0.6 is 11.6 Å². The van der Waals surface area contributed by atoms with E-state index in [0.717, 1.165) is 23.4 Å². The van der Waals surface area contributed by atoms with Gasteiger partial charge in [0.2, 0.25) is 0 Å². The van der Waals surface area contributed by atoms with Gasteiger partial charge in [0.25, 0.3) is 0 Å². The summed E-state index contributed by atoms with van der Waals surface area (Å²) in [5.41, 5.74) is 3.63. The number of halogens is 2. The summed E-state index contributed by atoms with van der Waals surface area (Å²) < 4.78 is 14.1. The van der Waals surface area contributed by atoms with E-state index in [1.54, 1.807) is 30.3 Å². The van der Waals surface area contributed by atoms with Crippen LogP contribution in [0.2, 0.25) is 5.02 Å². The van der Waals surface area contributed by atoms with E-state index in [1.165, 1.54) is 6.07 Å². The van der Waals surface area contributed by atoms with Crippen LogP contribution in [0, 0.1) is 5.82 Å². The van der Waals surface area contributed by atoms with E-state index in [9.17, 15) is 4.39 Å². The number of nitrogens with zero attached hydrogens (tertiary/aromatic N) is 2. The lowest BCUT2D eigenvalue weighted by Gasteiger charge is -2.09. The summed E-state index contributed by atoms with van der Waals surface area (Å²) in [4.78, 5) is 9.20. The lowest BCUT2D eigenvalue weighted by Crippen LogP contribution is -2.07. The van der Waals surface area contributed by atoms with Gasteiger partial charge >= 0.3 is 0 Å². The number of fused-ring (bicyclic) bond motifs is 1. The number of benzene rings is 2. The minimum atomic E-state index is -0.290. The lowest BCUT2D eigenvalue weighted by atomic mass is 10.0. The highest BCUT2D eigenvalue weighted by Crippen LogP contribution is 2.29. The van der Waals surface area contributed by atoms with Gasteiger partial charge in [-0.05, 0) is 36.8 Å². The summed E-state index contributed by atoms with van der Waals surface area (Å²) >= 11 is 6.10. The van der Waals surface area contributed by atoms with E-state index >= 15 is 0 Å². The molecule has 2 nitrogen and oxygen atoms in total. The molecule has 0 spiro atoms. The Morgan fingerprint density at radius 1 is 1.14 bits per heavy atom. The van der Waals surface area contributed by atoms with Gasteiger partial charge in [0.1, 0.15) is 5.82 Å². The van der Waals surface area contributed by atoms with E-state index in [4.69, 9.17) is 11.6 Å². The summed E-state index contributed by atoms with van der Waals surface area (Å²) in [5.74, 6) is -0.290. The number of aliphatic imine (C=N–C) groups is 2. The highest BCUT2D eigenvalue weighted by atomic mass is 35.5. The monoisotopic (exact) mass is 300 g/mol. The molecule has 3 rings (SSSR count). The molecule has 0 amide bonds. The van der Waals surface area contributed by atoms with Crippen LogP contribution < -0.4 is 0 Å². The molecule has 0 atom stereocenters. The van der Waals surface area contributed by atoms with Crippen molar-refractivity contribution >= 4 is 28.7 Å². The van der Waals surface area contributed by atoms with Crippen molar-refractivity contribution in [3.8, 4) is 0 Å². The van der Waals surface area contributed by atoms with Crippen molar-refractivity contribution in [1.82, 2.24) is 0 Å². The molecule has 0 fully saturated rings. The molecule has 0 radical (unpaired) electrons. The van der Waals surface area contributed by atoms with E-state index in [-0.39, 0.29) is 5.82 Å². The quantitative estimate of drug-likeness (QED) is 0.760. The van der Waals surface area contributed by atoms with Crippen molar-refractivity contribution in [3.63, 3.8) is 0 Å². The topological polar surface area (TPSA) is 24.7 Å². The Morgan fingerprint density at radius 3 is 2.71 bits per heavy atom. The molecule has 0 saturated heterocycles. The molecule has 2 aromatic rings. The summed E-state index contributed by atoms with van der Waals surface area (Å²) in [6.07, 6.45) is 0.816. The third-order valence-corrected chi connectivity index (χ3v) is 3.68. The SMILES string of the molecule is CCC1=Nc2ccc(Cl)cc2C(c2ccccc2F)=NC1. The molecule has 4 heteroatoms. The zero-order valence-electron chi connectivity index (χ0n) is 11.6. The fourth-order valence-electron chi connectivity index (χ4n) is 2.33. The minimum Gasteiger partial charge on any atom is -0.278 e. The maximum atomic E-state index is 14.1. The van der Waals surface area contributed by atoms with Crippen LogP contribution in [0.25, 0.3) is 0 Å². The Kier molecular flexibility index (Phi) is 3.84. The lowest BCUT2D eigenvalue weighted by molar-refractivity contribution is 0.625. The Labute approximate surface area is 128 Å². The molecule has 1 aliphatic heterocycles. The molecule has 2 aromatic carbocycles. The standard InChI is InChI=1S/C17H14ClFN2/c1-2-12-10-20-17(13-5-3-4-6-15(13)19)14-9-11(18)7-8-16(14)21-12/h3-9H,2,10H2,1H3. The Balaban J connectivity index is 2.22. The molecule has 0 aromatic heterocycles. The molecule has 0 bridgehead atoms. The summed E-state index contributed by atoms with van der Waals surface area (Å²) in [7, 11) is 0. The van der Waals surface area contributed by atoms with E-state index in [1.807, 2.05) is 13.0 Å². The average Bonchev–Trinajstić information content (AvgIpc) is 2.67. The van der Waals surface area contributed by atoms with E-state index in [2.05, 4.69) is 9.98 Å².